The molecule has 3 amide bonds. The van der Waals surface area contributed by atoms with Crippen LogP contribution in [0.1, 0.15) is 48.7 Å². The first-order valence-electron chi connectivity index (χ1n) is 11.0. The van der Waals surface area contributed by atoms with Crippen molar-refractivity contribution in [1.29, 1.82) is 0 Å². The zero-order chi connectivity index (χ0) is 23.8. The summed E-state index contributed by atoms with van der Waals surface area (Å²) < 4.78 is 4.98. The summed E-state index contributed by atoms with van der Waals surface area (Å²) >= 11 is 0. The Kier molecular flexibility index (Phi) is 8.18. The first-order valence-corrected chi connectivity index (χ1v) is 11.0. The van der Waals surface area contributed by atoms with Crippen molar-refractivity contribution < 1.29 is 23.9 Å². The Morgan fingerprint density at radius 2 is 1.79 bits per heavy atom. The third kappa shape index (κ3) is 6.65. The van der Waals surface area contributed by atoms with Crippen LogP contribution in [0.4, 0.5) is 0 Å². The van der Waals surface area contributed by atoms with E-state index in [1.807, 2.05) is 37.3 Å². The highest BCUT2D eigenvalue weighted by Crippen LogP contribution is 2.28. The van der Waals surface area contributed by atoms with Crippen LogP contribution in [0.3, 0.4) is 0 Å². The van der Waals surface area contributed by atoms with E-state index in [0.29, 0.717) is 37.4 Å². The second-order valence-electron chi connectivity index (χ2n) is 8.06. The summed E-state index contributed by atoms with van der Waals surface area (Å²) in [5.74, 6) is -0.972. The molecule has 33 heavy (non-hydrogen) atoms. The highest BCUT2D eigenvalue weighted by atomic mass is 16.5. The van der Waals surface area contributed by atoms with Crippen molar-refractivity contribution in [3.05, 3.63) is 65.7 Å². The van der Waals surface area contributed by atoms with Crippen LogP contribution in [0, 0.1) is 5.92 Å². The molecule has 2 aromatic rings. The first-order chi connectivity index (χ1) is 15.8. The van der Waals surface area contributed by atoms with E-state index in [4.69, 9.17) is 4.74 Å². The van der Waals surface area contributed by atoms with E-state index in [9.17, 15) is 19.2 Å². The van der Waals surface area contributed by atoms with Crippen LogP contribution in [-0.4, -0.2) is 48.2 Å². The van der Waals surface area contributed by atoms with Crippen LogP contribution in [0.5, 0.6) is 5.75 Å². The average Bonchev–Trinajstić information content (AvgIpc) is 3.20. The van der Waals surface area contributed by atoms with E-state index in [-0.39, 0.29) is 36.1 Å². The maximum absolute atomic E-state index is 12.5. The molecular weight excluding hydrogens is 422 g/mol. The van der Waals surface area contributed by atoms with Crippen LogP contribution in [0.2, 0.25) is 0 Å². The summed E-state index contributed by atoms with van der Waals surface area (Å²) in [5, 5.41) is 5.64. The largest absolute Gasteiger partial charge is 0.427 e. The molecule has 0 spiro atoms. The quantitative estimate of drug-likeness (QED) is 0.346. The molecule has 2 atom stereocenters. The molecule has 2 N–H and O–H groups in total. The lowest BCUT2D eigenvalue weighted by Gasteiger charge is -2.25. The number of carbonyl (C=O) groups excluding carboxylic acids is 4. The minimum Gasteiger partial charge on any atom is -0.427 e. The molecule has 1 aliphatic rings. The molecule has 0 saturated carbocycles. The topological polar surface area (TPSA) is 105 Å². The van der Waals surface area contributed by atoms with Crippen molar-refractivity contribution in [3.63, 3.8) is 0 Å². The second kappa shape index (κ2) is 11.3. The van der Waals surface area contributed by atoms with E-state index in [1.54, 1.807) is 23.1 Å². The fraction of sp³-hybridized carbons (Fsp3) is 0.360. The standard InChI is InChI=1S/C25H29N3O5/c1-17(19-8-4-3-5-9-19)28-16-21(15-23(28)30)25(32)27-13-7-12-26-24(31)20-10-6-11-22(14-20)33-18(2)29/h3-6,8-11,14,17,21H,7,12-13,15-16H2,1-2H3,(H,26,31)(H,27,32). The van der Waals surface area contributed by atoms with E-state index >= 15 is 0 Å². The molecule has 1 fully saturated rings. The molecule has 3 rings (SSSR count). The van der Waals surface area contributed by atoms with Gasteiger partial charge in [0.05, 0.1) is 12.0 Å². The molecule has 8 nitrogen and oxygen atoms in total. The van der Waals surface area contributed by atoms with Gasteiger partial charge in [0, 0.05) is 38.5 Å². The molecule has 174 valence electrons. The molecule has 1 saturated heterocycles. The van der Waals surface area contributed by atoms with Gasteiger partial charge in [-0.1, -0.05) is 36.4 Å². The van der Waals surface area contributed by atoms with Crippen LogP contribution < -0.4 is 15.4 Å². The zero-order valence-electron chi connectivity index (χ0n) is 18.9. The number of amides is 3. The Morgan fingerprint density at radius 1 is 1.06 bits per heavy atom. The normalized spacial score (nSPS) is 16.2. The Balaban J connectivity index is 1.39. The van der Waals surface area contributed by atoms with Crippen molar-refractivity contribution in [2.45, 2.75) is 32.7 Å². The predicted molar refractivity (Wildman–Crippen MR) is 122 cm³/mol. The summed E-state index contributed by atoms with van der Waals surface area (Å²) in [5.41, 5.74) is 1.43. The van der Waals surface area contributed by atoms with Crippen LogP contribution in [0.15, 0.2) is 54.6 Å². The lowest BCUT2D eigenvalue weighted by molar-refractivity contribution is -0.132. The van der Waals surface area contributed by atoms with Crippen molar-refractivity contribution in [2.75, 3.05) is 19.6 Å². The number of ether oxygens (including phenoxy) is 1. The minimum absolute atomic E-state index is 0.0188. The zero-order valence-corrected chi connectivity index (χ0v) is 18.9. The fourth-order valence-electron chi connectivity index (χ4n) is 3.81. The number of hydrogen-bond donors (Lipinski definition) is 2. The number of nitrogens with one attached hydrogen (secondary N) is 2. The third-order valence-corrected chi connectivity index (χ3v) is 5.57. The Hall–Kier alpha value is -3.68. The summed E-state index contributed by atoms with van der Waals surface area (Å²) in [6.45, 7) is 4.43. The Morgan fingerprint density at radius 3 is 2.52 bits per heavy atom. The van der Waals surface area contributed by atoms with Gasteiger partial charge in [-0.2, -0.15) is 0 Å². The van der Waals surface area contributed by atoms with E-state index in [1.165, 1.54) is 13.0 Å². The number of rotatable bonds is 9. The summed E-state index contributed by atoms with van der Waals surface area (Å²) in [6.07, 6.45) is 0.754. The number of esters is 1. The summed E-state index contributed by atoms with van der Waals surface area (Å²) in [4.78, 5) is 50.0. The molecule has 0 bridgehead atoms. The molecule has 8 heteroatoms. The average molecular weight is 452 g/mol. The fourth-order valence-corrected chi connectivity index (χ4v) is 3.81. The lowest BCUT2D eigenvalue weighted by atomic mass is 10.1. The summed E-state index contributed by atoms with van der Waals surface area (Å²) in [6, 6.07) is 16.0. The Labute approximate surface area is 193 Å². The van der Waals surface area contributed by atoms with Crippen molar-refractivity contribution >= 4 is 23.7 Å². The van der Waals surface area contributed by atoms with Gasteiger partial charge in [0.2, 0.25) is 11.8 Å². The highest BCUT2D eigenvalue weighted by Gasteiger charge is 2.36. The third-order valence-electron chi connectivity index (χ3n) is 5.57. The van der Waals surface area contributed by atoms with E-state index in [0.717, 1.165) is 5.56 Å². The SMILES string of the molecule is CC(=O)Oc1cccc(C(=O)NCCCNC(=O)C2CC(=O)N(C(C)c3ccccc3)C2)c1. The van der Waals surface area contributed by atoms with Gasteiger partial charge in [-0.05, 0) is 37.1 Å². The number of likely N-dealkylation sites (tertiary alicyclic amines) is 1. The van der Waals surface area contributed by atoms with Gasteiger partial charge in [-0.15, -0.1) is 0 Å². The molecule has 1 heterocycles. The molecule has 0 aromatic heterocycles. The molecule has 0 aliphatic carbocycles. The van der Waals surface area contributed by atoms with E-state index in [2.05, 4.69) is 10.6 Å². The molecule has 1 aliphatic heterocycles. The van der Waals surface area contributed by atoms with Gasteiger partial charge in [-0.3, -0.25) is 19.2 Å². The van der Waals surface area contributed by atoms with Gasteiger partial charge < -0.3 is 20.3 Å². The van der Waals surface area contributed by atoms with Gasteiger partial charge in [0.15, 0.2) is 0 Å². The molecule has 2 unspecified atom stereocenters. The second-order valence-corrected chi connectivity index (χ2v) is 8.06. The van der Waals surface area contributed by atoms with E-state index < -0.39 is 5.97 Å². The van der Waals surface area contributed by atoms with Crippen LogP contribution >= 0.6 is 0 Å². The van der Waals surface area contributed by atoms with Crippen LogP contribution in [0.25, 0.3) is 0 Å². The smallest absolute Gasteiger partial charge is 0.308 e. The van der Waals surface area contributed by atoms with Crippen molar-refractivity contribution in [3.8, 4) is 5.75 Å². The van der Waals surface area contributed by atoms with Gasteiger partial charge >= 0.3 is 5.97 Å². The minimum atomic E-state index is -0.454. The predicted octanol–water partition coefficient (Wildman–Crippen LogP) is 2.46. The van der Waals surface area contributed by atoms with Crippen molar-refractivity contribution in [2.24, 2.45) is 5.92 Å². The first kappa shape index (κ1) is 24.0. The monoisotopic (exact) mass is 451 g/mol. The maximum Gasteiger partial charge on any atom is 0.308 e. The van der Waals surface area contributed by atoms with Gasteiger partial charge in [0.1, 0.15) is 5.75 Å². The number of carbonyl (C=O) groups is 4. The molecule has 2 aromatic carbocycles. The molecular formula is C25H29N3O5. The maximum atomic E-state index is 12.5. The number of nitrogens with zero attached hydrogens (tertiary/aromatic N) is 1. The number of hydrogen-bond acceptors (Lipinski definition) is 5. The number of benzene rings is 2. The van der Waals surface area contributed by atoms with Gasteiger partial charge in [-0.25, -0.2) is 0 Å². The van der Waals surface area contributed by atoms with Crippen molar-refractivity contribution in [1.82, 2.24) is 15.5 Å². The highest BCUT2D eigenvalue weighted by molar-refractivity contribution is 5.94. The van der Waals surface area contributed by atoms with Gasteiger partial charge in [0.25, 0.3) is 5.91 Å². The Bertz CT molecular complexity index is 1010. The summed E-state index contributed by atoms with van der Waals surface area (Å²) in [7, 11) is 0. The lowest BCUT2D eigenvalue weighted by Crippen LogP contribution is -2.35. The van der Waals surface area contributed by atoms with Crippen LogP contribution in [-0.2, 0) is 14.4 Å². The molecule has 0 radical (unpaired) electrons.